The second-order valence-corrected chi connectivity index (χ2v) is 3.90. The van der Waals surface area contributed by atoms with Gasteiger partial charge in [0.25, 0.3) is 0 Å². The maximum atomic E-state index is 11.1. The summed E-state index contributed by atoms with van der Waals surface area (Å²) in [5.41, 5.74) is 0. The zero-order valence-electron chi connectivity index (χ0n) is 7.64. The molecule has 0 aliphatic carbocycles. The molecule has 2 aliphatic rings. The van der Waals surface area contributed by atoms with Gasteiger partial charge in [-0.3, -0.25) is 9.80 Å². The Bertz CT molecular complexity index is 230. The van der Waals surface area contributed by atoms with Crippen LogP contribution < -0.4 is 0 Å². The normalized spacial score (nSPS) is 32.1. The van der Waals surface area contributed by atoms with Crippen LogP contribution in [0.2, 0.25) is 0 Å². The van der Waals surface area contributed by atoms with E-state index in [1.807, 2.05) is 4.90 Å². The summed E-state index contributed by atoms with van der Waals surface area (Å²) in [6.45, 7) is 4.63. The molecule has 5 heteroatoms. The van der Waals surface area contributed by atoms with Crippen molar-refractivity contribution >= 4 is 5.91 Å². The van der Waals surface area contributed by atoms with Crippen molar-refractivity contribution in [1.29, 1.82) is 0 Å². The zero-order chi connectivity index (χ0) is 9.42. The Labute approximate surface area is 76.6 Å². The Hall–Kier alpha value is -1.13. The lowest BCUT2D eigenvalue weighted by Crippen LogP contribution is -2.29. The van der Waals surface area contributed by atoms with Crippen LogP contribution in [0.25, 0.3) is 0 Å². The SMILES string of the molecule is CC(=O)N1CC2CN(N=O)CC2C1. The van der Waals surface area contributed by atoms with Gasteiger partial charge < -0.3 is 4.90 Å². The fourth-order valence-electron chi connectivity index (χ4n) is 2.29. The molecule has 2 saturated heterocycles. The first-order valence-electron chi connectivity index (χ1n) is 4.54. The molecule has 13 heavy (non-hydrogen) atoms. The van der Waals surface area contributed by atoms with Crippen molar-refractivity contribution in [2.45, 2.75) is 6.92 Å². The number of nitrogens with zero attached hydrogens (tertiary/aromatic N) is 3. The fourth-order valence-corrected chi connectivity index (χ4v) is 2.29. The maximum absolute atomic E-state index is 11.1. The number of rotatable bonds is 1. The van der Waals surface area contributed by atoms with Gasteiger partial charge in [-0.1, -0.05) is 0 Å². The van der Waals surface area contributed by atoms with Gasteiger partial charge in [-0.2, -0.15) is 0 Å². The van der Waals surface area contributed by atoms with Crippen molar-refractivity contribution in [3.8, 4) is 0 Å². The van der Waals surface area contributed by atoms with Crippen LogP contribution in [-0.4, -0.2) is 42.0 Å². The molecule has 72 valence electrons. The lowest BCUT2D eigenvalue weighted by molar-refractivity contribution is -0.128. The average molecular weight is 183 g/mol. The van der Waals surface area contributed by atoms with Crippen LogP contribution in [0.3, 0.4) is 0 Å². The van der Waals surface area contributed by atoms with Crippen LogP contribution in [0.5, 0.6) is 0 Å². The Morgan fingerprint density at radius 2 is 1.77 bits per heavy atom. The zero-order valence-corrected chi connectivity index (χ0v) is 7.64. The van der Waals surface area contributed by atoms with Gasteiger partial charge in [0, 0.05) is 44.9 Å². The minimum Gasteiger partial charge on any atom is -0.342 e. The number of hydrogen-bond donors (Lipinski definition) is 0. The Morgan fingerprint density at radius 3 is 2.15 bits per heavy atom. The second-order valence-electron chi connectivity index (χ2n) is 3.90. The molecule has 2 rings (SSSR count). The van der Waals surface area contributed by atoms with Crippen LogP contribution in [0.15, 0.2) is 5.29 Å². The molecule has 0 bridgehead atoms. The van der Waals surface area contributed by atoms with Gasteiger partial charge in [0.2, 0.25) is 5.91 Å². The molecule has 1 amide bonds. The molecule has 0 aromatic heterocycles. The van der Waals surface area contributed by atoms with Crippen LogP contribution in [-0.2, 0) is 4.79 Å². The van der Waals surface area contributed by atoms with Crippen LogP contribution in [0.1, 0.15) is 6.92 Å². The summed E-state index contributed by atoms with van der Waals surface area (Å²) < 4.78 is 0. The van der Waals surface area contributed by atoms with E-state index in [1.54, 1.807) is 11.9 Å². The molecule has 0 aromatic carbocycles. The quantitative estimate of drug-likeness (QED) is 0.541. The molecule has 2 unspecified atom stereocenters. The van der Waals surface area contributed by atoms with Crippen molar-refractivity contribution in [3.05, 3.63) is 4.91 Å². The van der Waals surface area contributed by atoms with Gasteiger partial charge >= 0.3 is 0 Å². The van der Waals surface area contributed by atoms with Crippen molar-refractivity contribution < 1.29 is 4.79 Å². The molecule has 0 saturated carbocycles. The first-order valence-corrected chi connectivity index (χ1v) is 4.54. The molecular weight excluding hydrogens is 170 g/mol. The second kappa shape index (κ2) is 2.97. The standard InChI is InChI=1S/C8H13N3O2/c1-6(12)10-2-7-4-11(9-13)5-8(7)3-10/h7-8H,2-5H2,1H3. The lowest BCUT2D eigenvalue weighted by Gasteiger charge is -2.16. The van der Waals surface area contributed by atoms with Gasteiger partial charge in [0.15, 0.2) is 0 Å². The number of likely N-dealkylation sites (tertiary alicyclic amines) is 1. The smallest absolute Gasteiger partial charge is 0.219 e. The fraction of sp³-hybridized carbons (Fsp3) is 0.875. The van der Waals surface area contributed by atoms with Gasteiger partial charge in [-0.15, -0.1) is 4.91 Å². The number of fused-ring (bicyclic) bond motifs is 1. The lowest BCUT2D eigenvalue weighted by atomic mass is 10.0. The molecular formula is C8H13N3O2. The Kier molecular flexibility index (Phi) is 1.94. The molecule has 2 heterocycles. The van der Waals surface area contributed by atoms with E-state index in [9.17, 15) is 9.70 Å². The van der Waals surface area contributed by atoms with Gasteiger partial charge in [-0.05, 0) is 0 Å². The van der Waals surface area contributed by atoms with Crippen LogP contribution in [0.4, 0.5) is 0 Å². The third kappa shape index (κ3) is 1.38. The van der Waals surface area contributed by atoms with E-state index >= 15 is 0 Å². The topological polar surface area (TPSA) is 53.0 Å². The third-order valence-electron chi connectivity index (χ3n) is 3.03. The highest BCUT2D eigenvalue weighted by molar-refractivity contribution is 5.73. The molecule has 0 aromatic rings. The summed E-state index contributed by atoms with van der Waals surface area (Å²) >= 11 is 0. The van der Waals surface area contributed by atoms with Gasteiger partial charge in [-0.25, -0.2) is 0 Å². The first kappa shape index (κ1) is 8.47. The number of amides is 1. The molecule has 2 fully saturated rings. The van der Waals surface area contributed by atoms with E-state index in [1.165, 1.54) is 0 Å². The summed E-state index contributed by atoms with van der Waals surface area (Å²) in [6, 6.07) is 0. The minimum atomic E-state index is 0.139. The summed E-state index contributed by atoms with van der Waals surface area (Å²) in [5.74, 6) is 1.06. The average Bonchev–Trinajstić information content (AvgIpc) is 2.58. The van der Waals surface area contributed by atoms with E-state index < -0.39 is 0 Å². The molecule has 0 radical (unpaired) electrons. The highest BCUT2D eigenvalue weighted by atomic mass is 16.3. The van der Waals surface area contributed by atoms with E-state index in [0.29, 0.717) is 11.8 Å². The minimum absolute atomic E-state index is 0.139. The number of hydrogen-bond acceptors (Lipinski definition) is 3. The number of nitroso groups, excluding NO2 is 1. The summed E-state index contributed by atoms with van der Waals surface area (Å²) in [6.07, 6.45) is 0. The summed E-state index contributed by atoms with van der Waals surface area (Å²) in [5, 5.41) is 4.48. The summed E-state index contributed by atoms with van der Waals surface area (Å²) in [4.78, 5) is 23.2. The summed E-state index contributed by atoms with van der Waals surface area (Å²) in [7, 11) is 0. The number of carbonyl (C=O) groups is 1. The monoisotopic (exact) mass is 183 g/mol. The van der Waals surface area contributed by atoms with E-state index in [0.717, 1.165) is 26.2 Å². The predicted molar refractivity (Wildman–Crippen MR) is 46.6 cm³/mol. The van der Waals surface area contributed by atoms with Gasteiger partial charge in [0.05, 0.1) is 5.29 Å². The Balaban J connectivity index is 1.96. The van der Waals surface area contributed by atoms with Crippen molar-refractivity contribution in [1.82, 2.24) is 9.91 Å². The predicted octanol–water partition coefficient (Wildman–Crippen LogP) is 0.0779. The maximum Gasteiger partial charge on any atom is 0.219 e. The number of carbonyl (C=O) groups excluding carboxylic acids is 1. The molecule has 5 nitrogen and oxygen atoms in total. The van der Waals surface area contributed by atoms with Crippen molar-refractivity contribution in [2.24, 2.45) is 17.1 Å². The highest BCUT2D eigenvalue weighted by Gasteiger charge is 2.41. The van der Waals surface area contributed by atoms with E-state index in [-0.39, 0.29) is 5.91 Å². The van der Waals surface area contributed by atoms with E-state index in [4.69, 9.17) is 0 Å². The highest BCUT2D eigenvalue weighted by Crippen LogP contribution is 2.30. The van der Waals surface area contributed by atoms with Crippen LogP contribution >= 0.6 is 0 Å². The molecule has 0 spiro atoms. The van der Waals surface area contributed by atoms with Gasteiger partial charge in [0.1, 0.15) is 0 Å². The van der Waals surface area contributed by atoms with Crippen LogP contribution in [0, 0.1) is 16.7 Å². The largest absolute Gasteiger partial charge is 0.342 e. The molecule has 2 aliphatic heterocycles. The Morgan fingerprint density at radius 1 is 1.23 bits per heavy atom. The first-order chi connectivity index (χ1) is 6.20. The molecule has 0 N–H and O–H groups in total. The third-order valence-corrected chi connectivity index (χ3v) is 3.03. The van der Waals surface area contributed by atoms with E-state index in [2.05, 4.69) is 5.29 Å². The van der Waals surface area contributed by atoms with Crippen molar-refractivity contribution in [2.75, 3.05) is 26.2 Å². The molecule has 2 atom stereocenters. The van der Waals surface area contributed by atoms with Crippen molar-refractivity contribution in [3.63, 3.8) is 0 Å².